The number of amides is 2. The van der Waals surface area contributed by atoms with Crippen LogP contribution in [0, 0.1) is 5.92 Å². The van der Waals surface area contributed by atoms with Gasteiger partial charge in [-0.2, -0.15) is 0 Å². The second kappa shape index (κ2) is 9.85. The maximum Gasteiger partial charge on any atom is 0.251 e. The molecule has 27 heavy (non-hydrogen) atoms. The lowest BCUT2D eigenvalue weighted by molar-refractivity contribution is -0.122. The van der Waals surface area contributed by atoms with Crippen molar-refractivity contribution in [3.05, 3.63) is 35.4 Å². The Labute approximate surface area is 162 Å². The zero-order valence-electron chi connectivity index (χ0n) is 16.3. The number of piperidine rings is 1. The highest BCUT2D eigenvalue weighted by molar-refractivity contribution is 5.94. The van der Waals surface area contributed by atoms with Crippen LogP contribution in [0.1, 0.15) is 48.0 Å². The third kappa shape index (κ3) is 6.63. The summed E-state index contributed by atoms with van der Waals surface area (Å²) in [7, 11) is 1.99. The van der Waals surface area contributed by atoms with Gasteiger partial charge in [0, 0.05) is 18.2 Å². The van der Waals surface area contributed by atoms with E-state index in [1.165, 1.54) is 19.3 Å². The van der Waals surface area contributed by atoms with Crippen LogP contribution in [0.3, 0.4) is 0 Å². The van der Waals surface area contributed by atoms with Crippen LogP contribution in [0.25, 0.3) is 0 Å². The van der Waals surface area contributed by atoms with E-state index in [2.05, 4.69) is 20.9 Å². The van der Waals surface area contributed by atoms with E-state index in [0.29, 0.717) is 24.7 Å². The fraction of sp³-hybridized carbons (Fsp3) is 0.619. The number of likely N-dealkylation sites (tertiary alicyclic amines) is 1. The van der Waals surface area contributed by atoms with Gasteiger partial charge in [-0.15, -0.1) is 0 Å². The SMILES string of the molecule is CNCCC1CCN(CC(=O)NCc2cccc(C(=O)NC3CC3)c2)CC1. The number of hydrogen-bond acceptors (Lipinski definition) is 4. The first-order chi connectivity index (χ1) is 13.1. The first-order valence-corrected chi connectivity index (χ1v) is 10.2. The van der Waals surface area contributed by atoms with E-state index in [1.807, 2.05) is 31.3 Å². The number of carbonyl (C=O) groups is 2. The molecule has 0 spiro atoms. The number of rotatable bonds is 9. The molecule has 1 heterocycles. The van der Waals surface area contributed by atoms with Gasteiger partial charge in [0.15, 0.2) is 0 Å². The molecule has 6 heteroatoms. The monoisotopic (exact) mass is 372 g/mol. The predicted octanol–water partition coefficient (Wildman–Crippen LogP) is 1.52. The summed E-state index contributed by atoms with van der Waals surface area (Å²) in [6, 6.07) is 7.86. The molecule has 6 nitrogen and oxygen atoms in total. The Balaban J connectivity index is 1.38. The van der Waals surface area contributed by atoms with Crippen molar-refractivity contribution >= 4 is 11.8 Å². The van der Waals surface area contributed by atoms with Crippen LogP contribution in [0.4, 0.5) is 0 Å². The summed E-state index contributed by atoms with van der Waals surface area (Å²) < 4.78 is 0. The molecule has 1 aromatic carbocycles. The minimum absolute atomic E-state index is 0.0215. The molecule has 1 saturated heterocycles. The summed E-state index contributed by atoms with van der Waals surface area (Å²) in [6.07, 6.45) is 5.73. The fourth-order valence-electron chi connectivity index (χ4n) is 3.56. The summed E-state index contributed by atoms with van der Waals surface area (Å²) >= 11 is 0. The zero-order valence-corrected chi connectivity index (χ0v) is 16.3. The van der Waals surface area contributed by atoms with Crippen molar-refractivity contribution < 1.29 is 9.59 Å². The standard InChI is InChI=1S/C21H32N4O2/c1-22-10-7-16-8-11-25(12-9-16)15-20(26)23-14-17-3-2-4-18(13-17)21(27)24-19-5-6-19/h2-4,13,16,19,22H,5-12,14-15H2,1H3,(H,23,26)(H,24,27). The molecule has 3 N–H and O–H groups in total. The molecular formula is C21H32N4O2. The second-order valence-electron chi connectivity index (χ2n) is 7.84. The Morgan fingerprint density at radius 1 is 1.15 bits per heavy atom. The topological polar surface area (TPSA) is 73.5 Å². The van der Waals surface area contributed by atoms with Gasteiger partial charge in [0.05, 0.1) is 6.54 Å². The van der Waals surface area contributed by atoms with Gasteiger partial charge >= 0.3 is 0 Å². The van der Waals surface area contributed by atoms with Gasteiger partial charge in [-0.25, -0.2) is 0 Å². The van der Waals surface area contributed by atoms with Gasteiger partial charge in [0.25, 0.3) is 5.91 Å². The Bertz CT molecular complexity index is 637. The van der Waals surface area contributed by atoms with Crippen molar-refractivity contribution in [3.8, 4) is 0 Å². The van der Waals surface area contributed by atoms with Crippen LogP contribution in [0.15, 0.2) is 24.3 Å². The largest absolute Gasteiger partial charge is 0.351 e. The van der Waals surface area contributed by atoms with Crippen LogP contribution in [-0.4, -0.2) is 56.0 Å². The van der Waals surface area contributed by atoms with Crippen molar-refractivity contribution in [2.75, 3.05) is 33.2 Å². The Hall–Kier alpha value is -1.92. The molecule has 148 valence electrons. The molecular weight excluding hydrogens is 340 g/mol. The van der Waals surface area contributed by atoms with Gasteiger partial charge < -0.3 is 16.0 Å². The molecule has 2 fully saturated rings. The lowest BCUT2D eigenvalue weighted by Crippen LogP contribution is -2.41. The van der Waals surface area contributed by atoms with Gasteiger partial charge in [0.2, 0.25) is 5.91 Å². The summed E-state index contributed by atoms with van der Waals surface area (Å²) in [5.74, 6) is 0.810. The van der Waals surface area contributed by atoms with Gasteiger partial charge in [-0.3, -0.25) is 14.5 Å². The van der Waals surface area contributed by atoms with Crippen molar-refractivity contribution in [3.63, 3.8) is 0 Å². The van der Waals surface area contributed by atoms with Gasteiger partial charge in [-0.05, 0) is 82.4 Å². The number of nitrogens with zero attached hydrogens (tertiary/aromatic N) is 1. The van der Waals surface area contributed by atoms with E-state index in [4.69, 9.17) is 0 Å². The third-order valence-corrected chi connectivity index (χ3v) is 5.47. The minimum Gasteiger partial charge on any atom is -0.351 e. The zero-order chi connectivity index (χ0) is 19.1. The first-order valence-electron chi connectivity index (χ1n) is 10.2. The molecule has 0 bridgehead atoms. The molecule has 2 aliphatic rings. The average molecular weight is 373 g/mol. The molecule has 0 unspecified atom stereocenters. The molecule has 2 amide bonds. The first kappa shape index (κ1) is 19.8. The average Bonchev–Trinajstić information content (AvgIpc) is 3.50. The molecule has 1 saturated carbocycles. The lowest BCUT2D eigenvalue weighted by atomic mass is 9.93. The van der Waals surface area contributed by atoms with Gasteiger partial charge in [0.1, 0.15) is 0 Å². The number of hydrogen-bond donors (Lipinski definition) is 3. The molecule has 0 atom stereocenters. The molecule has 3 rings (SSSR count). The normalized spacial score (nSPS) is 18.3. The van der Waals surface area contributed by atoms with Crippen molar-refractivity contribution in [2.45, 2.75) is 44.7 Å². The molecule has 1 aliphatic heterocycles. The van der Waals surface area contributed by atoms with Crippen LogP contribution < -0.4 is 16.0 Å². The quantitative estimate of drug-likeness (QED) is 0.614. The highest BCUT2D eigenvalue weighted by Crippen LogP contribution is 2.20. The molecule has 0 aromatic heterocycles. The van der Waals surface area contributed by atoms with Crippen LogP contribution in [0.2, 0.25) is 0 Å². The lowest BCUT2D eigenvalue weighted by Gasteiger charge is -2.31. The van der Waals surface area contributed by atoms with E-state index >= 15 is 0 Å². The van der Waals surface area contributed by atoms with Crippen molar-refractivity contribution in [1.29, 1.82) is 0 Å². The van der Waals surface area contributed by atoms with E-state index in [1.54, 1.807) is 0 Å². The highest BCUT2D eigenvalue weighted by atomic mass is 16.2. The highest BCUT2D eigenvalue weighted by Gasteiger charge is 2.24. The van der Waals surface area contributed by atoms with Crippen molar-refractivity contribution in [1.82, 2.24) is 20.9 Å². The molecule has 1 aliphatic carbocycles. The molecule has 1 aromatic rings. The predicted molar refractivity (Wildman–Crippen MR) is 106 cm³/mol. The summed E-state index contributed by atoms with van der Waals surface area (Å²) in [4.78, 5) is 26.6. The van der Waals surface area contributed by atoms with Gasteiger partial charge in [-0.1, -0.05) is 12.1 Å². The number of nitrogens with one attached hydrogen (secondary N) is 3. The molecule has 0 radical (unpaired) electrons. The van der Waals surface area contributed by atoms with E-state index in [-0.39, 0.29) is 11.8 Å². The van der Waals surface area contributed by atoms with E-state index in [9.17, 15) is 9.59 Å². The van der Waals surface area contributed by atoms with Crippen LogP contribution in [-0.2, 0) is 11.3 Å². The van der Waals surface area contributed by atoms with E-state index in [0.717, 1.165) is 44.0 Å². The maximum atomic E-state index is 12.3. The van der Waals surface area contributed by atoms with Crippen LogP contribution in [0.5, 0.6) is 0 Å². The smallest absolute Gasteiger partial charge is 0.251 e. The Morgan fingerprint density at radius 3 is 2.63 bits per heavy atom. The summed E-state index contributed by atoms with van der Waals surface area (Å²) in [6.45, 7) is 3.99. The van der Waals surface area contributed by atoms with Crippen LogP contribution >= 0.6 is 0 Å². The third-order valence-electron chi connectivity index (χ3n) is 5.47. The maximum absolute atomic E-state index is 12.3. The number of carbonyl (C=O) groups excluding carboxylic acids is 2. The van der Waals surface area contributed by atoms with E-state index < -0.39 is 0 Å². The fourth-order valence-corrected chi connectivity index (χ4v) is 3.56. The minimum atomic E-state index is -0.0215. The second-order valence-corrected chi connectivity index (χ2v) is 7.84. The Morgan fingerprint density at radius 2 is 1.93 bits per heavy atom. The Kier molecular flexibility index (Phi) is 7.24. The number of benzene rings is 1. The van der Waals surface area contributed by atoms with Crippen molar-refractivity contribution in [2.24, 2.45) is 5.92 Å². The summed E-state index contributed by atoms with van der Waals surface area (Å²) in [5, 5.41) is 9.20. The summed E-state index contributed by atoms with van der Waals surface area (Å²) in [5.41, 5.74) is 1.62.